The van der Waals surface area contributed by atoms with Gasteiger partial charge in [0.1, 0.15) is 0 Å². The molecule has 4 aromatic rings. The second-order valence-corrected chi connectivity index (χ2v) is 11.7. The molecule has 4 aromatic carbocycles. The third kappa shape index (κ3) is 11.9. The first-order valence-corrected chi connectivity index (χ1v) is 16.1. The Balaban J connectivity index is 0.000000475. The van der Waals surface area contributed by atoms with Crippen molar-refractivity contribution in [2.24, 2.45) is 5.92 Å². The first-order chi connectivity index (χ1) is 22.7. The molecule has 0 heterocycles. The van der Waals surface area contributed by atoms with E-state index in [4.69, 9.17) is 5.11 Å². The Morgan fingerprint density at radius 1 is 0.816 bits per heavy atom. The van der Waals surface area contributed by atoms with Crippen molar-refractivity contribution in [1.29, 1.82) is 0 Å². The third-order valence-corrected chi connectivity index (χ3v) is 7.83. The van der Waals surface area contributed by atoms with Crippen molar-refractivity contribution >= 4 is 37.4 Å². The summed E-state index contributed by atoms with van der Waals surface area (Å²) >= 11 is 0. The molecule has 0 saturated carbocycles. The van der Waals surface area contributed by atoms with Crippen LogP contribution in [0.2, 0.25) is 0 Å². The summed E-state index contributed by atoms with van der Waals surface area (Å²) in [5.41, 5.74) is 6.10. The van der Waals surface area contributed by atoms with E-state index in [0.717, 1.165) is 18.5 Å². The van der Waals surface area contributed by atoms with E-state index in [2.05, 4.69) is 120 Å². The number of aliphatic hydroxyl groups excluding tert-OH is 1. The summed E-state index contributed by atoms with van der Waals surface area (Å²) in [6.45, 7) is 8.64. The normalized spacial score (nSPS) is 11.1. The summed E-state index contributed by atoms with van der Waals surface area (Å²) in [4.78, 5) is 33.9. The average Bonchev–Trinajstić information content (AvgIpc) is 3.10. The number of aliphatic hydroxyl groups is 1. The fraction of sp³-hybridized carbons (Fsp3) is 0.308. The van der Waals surface area contributed by atoms with Crippen molar-refractivity contribution in [1.82, 2.24) is 16.0 Å². The van der Waals surface area contributed by atoms with Gasteiger partial charge in [0.05, 0.1) is 24.7 Å². The SMILES string of the molecule is CC(C)C(N[C-]=O)C(=O)NCC(=O)Nc1ccc(CO)cc1.CCCCNC(c1ccccc1)(c1ccccc1)c1ccc(C)cc1.S.[Fm]. The fourth-order valence-corrected chi connectivity index (χ4v) is 5.21. The number of unbranched alkanes of at least 4 members (excludes halogenated alkanes) is 1. The molecule has 0 aliphatic heterocycles. The maximum absolute atomic E-state index is 11.9. The zero-order chi connectivity index (χ0) is 34.1. The molecule has 49 heavy (non-hydrogen) atoms. The Labute approximate surface area is 292 Å². The largest absolute Gasteiger partial charge is 0.520 e. The van der Waals surface area contributed by atoms with Crippen LogP contribution in [0.3, 0.4) is 0 Å². The van der Waals surface area contributed by atoms with Crippen molar-refractivity contribution in [2.45, 2.75) is 58.7 Å². The smallest absolute Gasteiger partial charge is 0.243 e. The summed E-state index contributed by atoms with van der Waals surface area (Å²) < 4.78 is 0. The van der Waals surface area contributed by atoms with Gasteiger partial charge in [-0.2, -0.15) is 19.9 Å². The van der Waals surface area contributed by atoms with Crippen molar-refractivity contribution in [3.8, 4) is 0 Å². The van der Waals surface area contributed by atoms with Gasteiger partial charge in [-0.1, -0.05) is 130 Å². The molecule has 0 radical (unpaired) electrons. The van der Waals surface area contributed by atoms with E-state index in [1.165, 1.54) is 35.1 Å². The molecule has 0 fully saturated rings. The van der Waals surface area contributed by atoms with E-state index in [0.29, 0.717) is 5.69 Å². The molecule has 0 saturated heterocycles. The van der Waals surface area contributed by atoms with Gasteiger partial charge in [-0.25, -0.2) is 0 Å². The Hall–Kier alpha value is -5.44. The van der Waals surface area contributed by atoms with Gasteiger partial charge in [-0.15, -0.1) is 0 Å². The summed E-state index contributed by atoms with van der Waals surface area (Å²) in [5.74, 6) is -0.942. The predicted molar refractivity (Wildman–Crippen MR) is 199 cm³/mol. The maximum atomic E-state index is 11.9. The minimum absolute atomic E-state index is 0. The van der Waals surface area contributed by atoms with Gasteiger partial charge >= 0.3 is 0 Å². The van der Waals surface area contributed by atoms with Crippen LogP contribution in [-0.2, 0) is 26.5 Å². The maximum Gasteiger partial charge on any atom is 0.243 e. The average molecular weight is 927 g/mol. The molecule has 0 aromatic heterocycles. The van der Waals surface area contributed by atoms with Crippen molar-refractivity contribution in [2.75, 3.05) is 18.4 Å². The molecule has 1 unspecified atom stereocenters. The minimum Gasteiger partial charge on any atom is -0.520 e. The van der Waals surface area contributed by atoms with Gasteiger partial charge in [-0.05, 0) is 60.2 Å². The van der Waals surface area contributed by atoms with Crippen LogP contribution in [0.1, 0.15) is 61.4 Å². The second kappa shape index (κ2) is 21.4. The number of benzene rings is 4. The minimum atomic E-state index is -0.728. The number of aryl methyl sites for hydroxylation is 1. The van der Waals surface area contributed by atoms with Gasteiger partial charge in [-0.3, -0.25) is 14.9 Å². The van der Waals surface area contributed by atoms with Crippen LogP contribution in [0.5, 0.6) is 0 Å². The Bertz CT molecular complexity index is 1480. The van der Waals surface area contributed by atoms with Crippen molar-refractivity contribution in [3.63, 3.8) is 0 Å². The van der Waals surface area contributed by atoms with Crippen molar-refractivity contribution < 1.29 is 19.5 Å². The molecule has 0 spiro atoms. The molecule has 0 bridgehead atoms. The first kappa shape index (κ1) is 41.6. The number of nitrogens with one attached hydrogen (secondary N) is 4. The Morgan fingerprint density at radius 3 is 1.82 bits per heavy atom. The van der Waals surface area contributed by atoms with Crippen LogP contribution < -0.4 is 21.3 Å². The standard InChI is InChI=1S/C24H27N.C15H20N3O4.Fm.H2S/c1-3-4-19-25-24(21-11-7-5-8-12-21,22-13-9-6-10-14-22)23-17-15-20(2)16-18-23;1-10(2)14(17-9-20)15(22)16-7-13(21)18-12-5-3-11(8-19)4-6-12;;/h5-18,25H,3-4,19H2,1-2H3;3-6,10,14,19H,7-8H2,1-2H3,(H,16,22)(H,17,20)(H,18,21);;1H2/q;-1;;. The Kier molecular flexibility index (Phi) is 18.2. The van der Waals surface area contributed by atoms with Gasteiger partial charge in [0.2, 0.25) is 11.8 Å². The quantitative estimate of drug-likeness (QED) is 0.0454. The van der Waals surface area contributed by atoms with Gasteiger partial charge in [0.25, 0.3) is 0 Å². The molecule has 8 nitrogen and oxygen atoms in total. The number of rotatable bonds is 15. The van der Waals surface area contributed by atoms with E-state index >= 15 is 0 Å². The van der Waals surface area contributed by atoms with Crippen LogP contribution in [0.4, 0.5) is 5.69 Å². The first-order valence-electron chi connectivity index (χ1n) is 16.1. The molecular formula is C39H49FmN4O4S-. The number of carbonyl (C=O) groups excluding carboxylic acids is 3. The molecule has 0 aliphatic rings. The number of amides is 3. The fourth-order valence-electron chi connectivity index (χ4n) is 5.21. The molecular weight excluding hydrogens is 878 g/mol. The third-order valence-electron chi connectivity index (χ3n) is 7.83. The number of carbonyl (C=O) groups is 2. The second-order valence-electron chi connectivity index (χ2n) is 11.7. The Morgan fingerprint density at radius 2 is 1.35 bits per heavy atom. The molecule has 4 rings (SSSR count). The number of hydrogen-bond acceptors (Lipinski definition) is 5. The van der Waals surface area contributed by atoms with E-state index < -0.39 is 11.9 Å². The van der Waals surface area contributed by atoms with Crippen LogP contribution in [0.15, 0.2) is 109 Å². The van der Waals surface area contributed by atoms with Crippen LogP contribution in [-0.4, -0.2) is 42.5 Å². The number of anilines is 1. The summed E-state index contributed by atoms with van der Waals surface area (Å²) in [6.07, 6.45) is 3.83. The van der Waals surface area contributed by atoms with Gasteiger partial charge in [0, 0.05) is 5.69 Å². The molecule has 268 valence electrons. The predicted octanol–water partition coefficient (Wildman–Crippen LogP) is 5.70. The zero-order valence-electron chi connectivity index (χ0n) is 28.5. The summed E-state index contributed by atoms with van der Waals surface area (Å²) in [7, 11) is 0. The molecule has 5 N–H and O–H groups in total. The van der Waals surface area contributed by atoms with Gasteiger partial charge in [0.15, 0.2) is 0 Å². The van der Waals surface area contributed by atoms with Crippen LogP contribution in [0.25, 0.3) is 0 Å². The van der Waals surface area contributed by atoms with Crippen LogP contribution >= 0.6 is 13.5 Å². The summed E-state index contributed by atoms with van der Waals surface area (Å²) in [6, 6.07) is 36.5. The molecule has 10 heteroatoms. The summed E-state index contributed by atoms with van der Waals surface area (Å²) in [5, 5.41) is 20.2. The molecule has 0 aliphatic carbocycles. The molecule has 3 amide bonds. The van der Waals surface area contributed by atoms with Crippen LogP contribution in [0, 0.1) is 12.8 Å². The van der Waals surface area contributed by atoms with Gasteiger partial charge < -0.3 is 25.9 Å². The monoisotopic (exact) mass is 926 g/mol. The number of hydrogen-bond donors (Lipinski definition) is 5. The van der Waals surface area contributed by atoms with Crippen molar-refractivity contribution in [3.05, 3.63) is 137 Å². The molecule has 1 atom stereocenters. The van der Waals surface area contributed by atoms with E-state index in [1.807, 2.05) is 0 Å². The van der Waals surface area contributed by atoms with E-state index in [9.17, 15) is 14.4 Å². The topological polar surface area (TPSA) is 120 Å². The zero-order valence-corrected chi connectivity index (χ0v) is 31.9. The van der Waals surface area contributed by atoms with E-state index in [-0.39, 0.29) is 44.0 Å². The van der Waals surface area contributed by atoms with E-state index in [1.54, 1.807) is 38.1 Å².